The quantitative estimate of drug-likeness (QED) is 0.310. The van der Waals surface area contributed by atoms with Gasteiger partial charge in [0.1, 0.15) is 0 Å². The van der Waals surface area contributed by atoms with Crippen LogP contribution in [0, 0.1) is 0 Å². The van der Waals surface area contributed by atoms with Crippen molar-refractivity contribution in [2.75, 3.05) is 7.11 Å². The van der Waals surface area contributed by atoms with Crippen LogP contribution in [0.3, 0.4) is 0 Å². The highest BCUT2D eigenvalue weighted by Gasteiger charge is 2.10. The Balaban J connectivity index is 3.64. The van der Waals surface area contributed by atoms with Crippen LogP contribution in [-0.4, -0.2) is 13.1 Å². The van der Waals surface area contributed by atoms with E-state index in [2.05, 4.69) is 6.92 Å². The molecule has 0 atom stereocenters. The van der Waals surface area contributed by atoms with E-state index in [-0.39, 0.29) is 5.97 Å². The highest BCUT2D eigenvalue weighted by atomic mass is 16.5. The van der Waals surface area contributed by atoms with E-state index < -0.39 is 0 Å². The first-order chi connectivity index (χ1) is 8.63. The molecule has 0 aromatic carbocycles. The molecular formula is C16H30O2. The van der Waals surface area contributed by atoms with Crippen LogP contribution >= 0.6 is 0 Å². The summed E-state index contributed by atoms with van der Waals surface area (Å²) < 4.78 is 4.80. The van der Waals surface area contributed by atoms with Gasteiger partial charge in [0, 0.05) is 5.57 Å². The van der Waals surface area contributed by atoms with Crippen molar-refractivity contribution in [2.24, 2.45) is 0 Å². The highest BCUT2D eigenvalue weighted by Crippen LogP contribution is 2.16. The second-order valence-electron chi connectivity index (χ2n) is 5.20. The van der Waals surface area contributed by atoms with Gasteiger partial charge in [0.2, 0.25) is 0 Å². The number of hydrogen-bond acceptors (Lipinski definition) is 2. The van der Waals surface area contributed by atoms with E-state index >= 15 is 0 Å². The standard InChI is InChI=1S/C16H30O2/c1-5-6-7-8-9-10-11-12-13-15(14(2)3)16(17)18-4/h5-13H2,1-4H3. The number of hydrogen-bond donors (Lipinski definition) is 0. The minimum atomic E-state index is -0.155. The molecule has 0 amide bonds. The van der Waals surface area contributed by atoms with Gasteiger partial charge in [0.25, 0.3) is 0 Å². The number of unbranched alkanes of at least 4 members (excludes halogenated alkanes) is 7. The summed E-state index contributed by atoms with van der Waals surface area (Å²) in [5.41, 5.74) is 1.95. The Bertz CT molecular complexity index is 250. The maximum absolute atomic E-state index is 11.5. The maximum atomic E-state index is 11.5. The van der Waals surface area contributed by atoms with Gasteiger partial charge in [-0.05, 0) is 26.7 Å². The smallest absolute Gasteiger partial charge is 0.333 e. The zero-order valence-corrected chi connectivity index (χ0v) is 12.7. The largest absolute Gasteiger partial charge is 0.466 e. The number of esters is 1. The number of allylic oxidation sites excluding steroid dienone is 1. The SMILES string of the molecule is CCCCCCCCCCC(C(=O)OC)=C(C)C. The fourth-order valence-corrected chi connectivity index (χ4v) is 2.12. The Labute approximate surface area is 113 Å². The van der Waals surface area contributed by atoms with Crippen LogP contribution in [0.25, 0.3) is 0 Å². The first-order valence-corrected chi connectivity index (χ1v) is 7.38. The van der Waals surface area contributed by atoms with Crippen molar-refractivity contribution in [2.45, 2.75) is 78.6 Å². The summed E-state index contributed by atoms with van der Waals surface area (Å²) in [6, 6.07) is 0. The summed E-state index contributed by atoms with van der Waals surface area (Å²) in [5, 5.41) is 0. The fraction of sp³-hybridized carbons (Fsp3) is 0.812. The lowest BCUT2D eigenvalue weighted by atomic mass is 10.0. The molecule has 0 heterocycles. The molecule has 18 heavy (non-hydrogen) atoms. The van der Waals surface area contributed by atoms with E-state index in [0.29, 0.717) is 0 Å². The van der Waals surface area contributed by atoms with Crippen LogP contribution < -0.4 is 0 Å². The van der Waals surface area contributed by atoms with Gasteiger partial charge in [-0.3, -0.25) is 0 Å². The normalized spacial score (nSPS) is 10.2. The van der Waals surface area contributed by atoms with Crippen molar-refractivity contribution in [3.63, 3.8) is 0 Å². The fourth-order valence-electron chi connectivity index (χ4n) is 2.12. The lowest BCUT2D eigenvalue weighted by molar-refractivity contribution is -0.136. The summed E-state index contributed by atoms with van der Waals surface area (Å²) in [6.07, 6.45) is 11.2. The molecule has 106 valence electrons. The van der Waals surface area contributed by atoms with Crippen LogP contribution in [0.5, 0.6) is 0 Å². The first kappa shape index (κ1) is 17.2. The third kappa shape index (κ3) is 8.32. The Hall–Kier alpha value is -0.790. The topological polar surface area (TPSA) is 26.3 Å². The zero-order valence-electron chi connectivity index (χ0n) is 12.7. The van der Waals surface area contributed by atoms with Gasteiger partial charge in [-0.2, -0.15) is 0 Å². The van der Waals surface area contributed by atoms with Gasteiger partial charge in [-0.15, -0.1) is 0 Å². The molecule has 0 N–H and O–H groups in total. The number of methoxy groups -OCH3 is 1. The summed E-state index contributed by atoms with van der Waals surface area (Å²) in [5.74, 6) is -0.155. The lowest BCUT2D eigenvalue weighted by Gasteiger charge is -2.07. The molecule has 0 aliphatic rings. The van der Waals surface area contributed by atoms with Crippen molar-refractivity contribution in [3.8, 4) is 0 Å². The number of carbonyl (C=O) groups is 1. The Morgan fingerprint density at radius 1 is 0.889 bits per heavy atom. The molecule has 0 saturated heterocycles. The van der Waals surface area contributed by atoms with Gasteiger partial charge < -0.3 is 4.74 Å². The van der Waals surface area contributed by atoms with E-state index in [1.807, 2.05) is 13.8 Å². The average Bonchev–Trinajstić information content (AvgIpc) is 2.35. The van der Waals surface area contributed by atoms with Gasteiger partial charge in [0.05, 0.1) is 7.11 Å². The van der Waals surface area contributed by atoms with E-state index in [0.717, 1.165) is 24.0 Å². The molecular weight excluding hydrogens is 224 g/mol. The van der Waals surface area contributed by atoms with Crippen molar-refractivity contribution in [3.05, 3.63) is 11.1 Å². The molecule has 0 aliphatic heterocycles. The summed E-state index contributed by atoms with van der Waals surface area (Å²) >= 11 is 0. The zero-order chi connectivity index (χ0) is 13.8. The Morgan fingerprint density at radius 2 is 1.39 bits per heavy atom. The summed E-state index contributed by atoms with van der Waals surface area (Å²) in [6.45, 7) is 6.21. The molecule has 0 fully saturated rings. The third-order valence-electron chi connectivity index (χ3n) is 3.32. The molecule has 0 spiro atoms. The van der Waals surface area contributed by atoms with Gasteiger partial charge in [-0.1, -0.05) is 57.4 Å². The highest BCUT2D eigenvalue weighted by molar-refractivity contribution is 5.89. The molecule has 0 aromatic rings. The van der Waals surface area contributed by atoms with Crippen molar-refractivity contribution in [1.82, 2.24) is 0 Å². The second kappa shape index (κ2) is 11.3. The Morgan fingerprint density at radius 3 is 1.83 bits per heavy atom. The second-order valence-corrected chi connectivity index (χ2v) is 5.20. The van der Waals surface area contributed by atoms with Crippen LogP contribution in [0.1, 0.15) is 78.6 Å². The summed E-state index contributed by atoms with van der Waals surface area (Å²) in [4.78, 5) is 11.5. The minimum Gasteiger partial charge on any atom is -0.466 e. The molecule has 0 unspecified atom stereocenters. The molecule has 0 aromatic heterocycles. The van der Waals surface area contributed by atoms with Crippen LogP contribution in [0.2, 0.25) is 0 Å². The third-order valence-corrected chi connectivity index (χ3v) is 3.32. The number of rotatable bonds is 10. The van der Waals surface area contributed by atoms with Crippen LogP contribution in [0.15, 0.2) is 11.1 Å². The van der Waals surface area contributed by atoms with Crippen LogP contribution in [-0.2, 0) is 9.53 Å². The van der Waals surface area contributed by atoms with Gasteiger partial charge >= 0.3 is 5.97 Å². The number of ether oxygens (including phenoxy) is 1. The molecule has 2 nitrogen and oxygen atoms in total. The van der Waals surface area contributed by atoms with E-state index in [9.17, 15) is 4.79 Å². The average molecular weight is 254 g/mol. The number of carbonyl (C=O) groups excluding carboxylic acids is 1. The van der Waals surface area contributed by atoms with E-state index in [1.54, 1.807) is 0 Å². The lowest BCUT2D eigenvalue weighted by Crippen LogP contribution is -2.06. The van der Waals surface area contributed by atoms with Crippen molar-refractivity contribution in [1.29, 1.82) is 0 Å². The Kier molecular flexibility index (Phi) is 10.8. The van der Waals surface area contributed by atoms with E-state index in [4.69, 9.17) is 4.74 Å². The summed E-state index contributed by atoms with van der Waals surface area (Å²) in [7, 11) is 1.46. The first-order valence-electron chi connectivity index (χ1n) is 7.38. The van der Waals surface area contributed by atoms with Crippen molar-refractivity contribution >= 4 is 5.97 Å². The predicted molar refractivity (Wildman–Crippen MR) is 77.6 cm³/mol. The maximum Gasteiger partial charge on any atom is 0.333 e. The molecule has 0 rings (SSSR count). The predicted octanol–water partition coefficient (Wildman–Crippen LogP) is 5.03. The molecule has 0 aliphatic carbocycles. The molecule has 0 radical (unpaired) electrons. The van der Waals surface area contributed by atoms with Crippen molar-refractivity contribution < 1.29 is 9.53 Å². The minimum absolute atomic E-state index is 0.155. The molecule has 2 heteroatoms. The van der Waals surface area contributed by atoms with Crippen LogP contribution in [0.4, 0.5) is 0 Å². The van der Waals surface area contributed by atoms with Gasteiger partial charge in [0.15, 0.2) is 0 Å². The monoisotopic (exact) mass is 254 g/mol. The van der Waals surface area contributed by atoms with E-state index in [1.165, 1.54) is 52.1 Å². The molecule has 0 saturated carbocycles. The van der Waals surface area contributed by atoms with Gasteiger partial charge in [-0.25, -0.2) is 4.79 Å². The molecule has 0 bridgehead atoms.